The zero-order valence-corrected chi connectivity index (χ0v) is 14.3. The van der Waals surface area contributed by atoms with Crippen LogP contribution in [0.1, 0.15) is 31.1 Å². The molecule has 0 radical (unpaired) electrons. The van der Waals surface area contributed by atoms with Crippen LogP contribution in [-0.4, -0.2) is 11.6 Å². The number of benzene rings is 2. The first-order valence-electron chi connectivity index (χ1n) is 6.84. The van der Waals surface area contributed by atoms with E-state index in [1.54, 1.807) is 24.3 Å². The largest absolute Gasteiger partial charge is 0.456 e. The number of halogens is 1. The number of nitrogens with zero attached hydrogens (tertiary/aromatic N) is 2. The molecule has 0 spiro atoms. The van der Waals surface area contributed by atoms with Gasteiger partial charge in [-0.2, -0.15) is 10.2 Å². The third-order valence-electron chi connectivity index (χ3n) is 2.61. The molecule has 0 bridgehead atoms. The number of carbonyl (C=O) groups is 1. The second kappa shape index (κ2) is 6.83. The van der Waals surface area contributed by atoms with Crippen molar-refractivity contribution in [2.75, 3.05) is 0 Å². The summed E-state index contributed by atoms with van der Waals surface area (Å²) in [4.78, 5) is 11.9. The topological polar surface area (TPSA) is 51.0 Å². The van der Waals surface area contributed by atoms with Gasteiger partial charge in [0.15, 0.2) is 0 Å². The molecule has 5 heteroatoms. The Balaban J connectivity index is 2.05. The Bertz CT molecular complexity index is 671. The first-order chi connectivity index (χ1) is 10.3. The van der Waals surface area contributed by atoms with Gasteiger partial charge in [-0.15, -0.1) is 0 Å². The molecule has 0 aliphatic heterocycles. The normalized spacial score (nSPS) is 11.6. The lowest BCUT2D eigenvalue weighted by Gasteiger charge is -2.19. The molecule has 0 N–H and O–H groups in total. The quantitative estimate of drug-likeness (QED) is 0.511. The Morgan fingerprint density at radius 2 is 1.36 bits per heavy atom. The van der Waals surface area contributed by atoms with E-state index in [1.165, 1.54) is 0 Å². The maximum Gasteiger partial charge on any atom is 0.338 e. The van der Waals surface area contributed by atoms with Crippen molar-refractivity contribution < 1.29 is 9.53 Å². The van der Waals surface area contributed by atoms with Crippen molar-refractivity contribution in [3.8, 4) is 0 Å². The molecule has 2 aromatic rings. The van der Waals surface area contributed by atoms with Gasteiger partial charge in [0, 0.05) is 4.47 Å². The van der Waals surface area contributed by atoms with Gasteiger partial charge in [0.05, 0.1) is 16.9 Å². The minimum atomic E-state index is -0.503. The molecule has 0 unspecified atom stereocenters. The predicted octanol–water partition coefficient (Wildman–Crippen LogP) is 5.82. The molecule has 22 heavy (non-hydrogen) atoms. The number of ether oxygens (including phenoxy) is 1. The molecule has 0 atom stereocenters. The van der Waals surface area contributed by atoms with Gasteiger partial charge in [-0.05, 0) is 69.3 Å². The van der Waals surface area contributed by atoms with E-state index in [0.29, 0.717) is 11.3 Å². The second-order valence-electron chi connectivity index (χ2n) is 5.73. The molecule has 2 aromatic carbocycles. The molecule has 0 saturated carbocycles. The van der Waals surface area contributed by atoms with Crippen molar-refractivity contribution in [1.29, 1.82) is 0 Å². The van der Waals surface area contributed by atoms with E-state index in [0.717, 1.165) is 10.2 Å². The Morgan fingerprint density at radius 3 is 1.82 bits per heavy atom. The summed E-state index contributed by atoms with van der Waals surface area (Å²) in [7, 11) is 0. The summed E-state index contributed by atoms with van der Waals surface area (Å²) in [6.45, 7) is 5.52. The van der Waals surface area contributed by atoms with E-state index in [1.807, 2.05) is 45.0 Å². The SMILES string of the molecule is CC(C)(C)OC(=O)c1ccc(N=Nc2ccc(Br)cc2)cc1. The molecule has 0 aliphatic rings. The first kappa shape index (κ1) is 16.4. The summed E-state index contributed by atoms with van der Waals surface area (Å²) in [6.07, 6.45) is 0. The highest BCUT2D eigenvalue weighted by molar-refractivity contribution is 9.10. The summed E-state index contributed by atoms with van der Waals surface area (Å²) in [5.41, 5.74) is 1.43. The molecule has 0 saturated heterocycles. The number of rotatable bonds is 3. The van der Waals surface area contributed by atoms with Crippen LogP contribution < -0.4 is 0 Å². The maximum atomic E-state index is 11.9. The van der Waals surface area contributed by atoms with E-state index in [2.05, 4.69) is 26.2 Å². The summed E-state index contributed by atoms with van der Waals surface area (Å²) in [5, 5.41) is 8.28. The third-order valence-corrected chi connectivity index (χ3v) is 3.14. The zero-order chi connectivity index (χ0) is 16.2. The first-order valence-corrected chi connectivity index (χ1v) is 7.63. The van der Waals surface area contributed by atoms with Crippen molar-refractivity contribution in [1.82, 2.24) is 0 Å². The predicted molar refractivity (Wildman–Crippen MR) is 89.9 cm³/mol. The van der Waals surface area contributed by atoms with Crippen LogP contribution >= 0.6 is 15.9 Å². The summed E-state index contributed by atoms with van der Waals surface area (Å²) < 4.78 is 6.30. The summed E-state index contributed by atoms with van der Waals surface area (Å²) in [6, 6.07) is 14.4. The van der Waals surface area contributed by atoms with Crippen LogP contribution in [0.5, 0.6) is 0 Å². The molecule has 0 heterocycles. The third kappa shape index (κ3) is 5.07. The highest BCUT2D eigenvalue weighted by atomic mass is 79.9. The number of azo groups is 1. The fourth-order valence-corrected chi connectivity index (χ4v) is 1.89. The Morgan fingerprint density at radius 1 is 0.909 bits per heavy atom. The van der Waals surface area contributed by atoms with Gasteiger partial charge in [0.25, 0.3) is 0 Å². The van der Waals surface area contributed by atoms with Crippen molar-refractivity contribution in [2.24, 2.45) is 10.2 Å². The Kier molecular flexibility index (Phi) is 5.08. The monoisotopic (exact) mass is 360 g/mol. The van der Waals surface area contributed by atoms with Crippen molar-refractivity contribution >= 4 is 33.3 Å². The summed E-state index contributed by atoms with van der Waals surface area (Å²) >= 11 is 3.37. The number of hydrogen-bond acceptors (Lipinski definition) is 4. The fourth-order valence-electron chi connectivity index (χ4n) is 1.62. The molecule has 0 amide bonds. The standard InChI is InChI=1S/C17H17BrN2O2/c1-17(2,3)22-16(21)12-4-8-14(9-5-12)19-20-15-10-6-13(18)7-11-15/h4-11H,1-3H3. The maximum absolute atomic E-state index is 11.9. The van der Waals surface area contributed by atoms with Crippen LogP contribution in [0.2, 0.25) is 0 Å². The fraction of sp³-hybridized carbons (Fsp3) is 0.235. The smallest absolute Gasteiger partial charge is 0.338 e. The number of hydrogen-bond donors (Lipinski definition) is 0. The van der Waals surface area contributed by atoms with E-state index in [-0.39, 0.29) is 5.97 Å². The van der Waals surface area contributed by atoms with Gasteiger partial charge < -0.3 is 4.74 Å². The van der Waals surface area contributed by atoms with Crippen molar-refractivity contribution in [3.63, 3.8) is 0 Å². The molecule has 114 valence electrons. The second-order valence-corrected chi connectivity index (χ2v) is 6.64. The Labute approximate surface area is 138 Å². The van der Waals surface area contributed by atoms with Crippen LogP contribution in [0.25, 0.3) is 0 Å². The molecule has 0 aliphatic carbocycles. The van der Waals surface area contributed by atoms with Crippen LogP contribution in [0, 0.1) is 0 Å². The van der Waals surface area contributed by atoms with Crippen LogP contribution in [0.15, 0.2) is 63.2 Å². The van der Waals surface area contributed by atoms with E-state index >= 15 is 0 Å². The van der Waals surface area contributed by atoms with Gasteiger partial charge in [0.2, 0.25) is 0 Å². The molecule has 2 rings (SSSR count). The van der Waals surface area contributed by atoms with Crippen LogP contribution in [0.4, 0.5) is 11.4 Å². The summed E-state index contributed by atoms with van der Waals surface area (Å²) in [5.74, 6) is -0.344. The lowest BCUT2D eigenvalue weighted by Crippen LogP contribution is -2.23. The van der Waals surface area contributed by atoms with Gasteiger partial charge in [-0.25, -0.2) is 4.79 Å². The highest BCUT2D eigenvalue weighted by Gasteiger charge is 2.17. The van der Waals surface area contributed by atoms with Crippen molar-refractivity contribution in [2.45, 2.75) is 26.4 Å². The highest BCUT2D eigenvalue weighted by Crippen LogP contribution is 2.21. The molecular weight excluding hydrogens is 344 g/mol. The average Bonchev–Trinajstić information content (AvgIpc) is 2.45. The van der Waals surface area contributed by atoms with Crippen LogP contribution in [-0.2, 0) is 4.74 Å². The van der Waals surface area contributed by atoms with Gasteiger partial charge in [-0.1, -0.05) is 15.9 Å². The van der Waals surface area contributed by atoms with E-state index < -0.39 is 5.60 Å². The molecular formula is C17H17BrN2O2. The minimum Gasteiger partial charge on any atom is -0.456 e. The minimum absolute atomic E-state index is 0.344. The molecule has 4 nitrogen and oxygen atoms in total. The van der Waals surface area contributed by atoms with Crippen LogP contribution in [0.3, 0.4) is 0 Å². The lowest BCUT2D eigenvalue weighted by atomic mass is 10.1. The lowest BCUT2D eigenvalue weighted by molar-refractivity contribution is 0.00696. The van der Waals surface area contributed by atoms with Crippen molar-refractivity contribution in [3.05, 3.63) is 58.6 Å². The molecule has 0 aromatic heterocycles. The van der Waals surface area contributed by atoms with Gasteiger partial charge in [0.1, 0.15) is 5.60 Å². The van der Waals surface area contributed by atoms with E-state index in [4.69, 9.17) is 4.74 Å². The average molecular weight is 361 g/mol. The zero-order valence-electron chi connectivity index (χ0n) is 12.7. The van der Waals surface area contributed by atoms with Gasteiger partial charge in [-0.3, -0.25) is 0 Å². The van der Waals surface area contributed by atoms with Gasteiger partial charge >= 0.3 is 5.97 Å². The number of esters is 1. The van der Waals surface area contributed by atoms with E-state index in [9.17, 15) is 4.79 Å². The molecule has 0 fully saturated rings. The Hall–Kier alpha value is -2.01. The number of carbonyl (C=O) groups excluding carboxylic acids is 1.